The van der Waals surface area contributed by atoms with Gasteiger partial charge >= 0.3 is 0 Å². The Hall–Kier alpha value is -1.93. The van der Waals surface area contributed by atoms with Gasteiger partial charge in [-0.2, -0.15) is 4.31 Å². The van der Waals surface area contributed by atoms with Crippen molar-refractivity contribution < 1.29 is 17.9 Å². The fraction of sp³-hybridized carbons (Fsp3) is 0.316. The summed E-state index contributed by atoms with van der Waals surface area (Å²) in [6, 6.07) is 16.1. The highest BCUT2D eigenvalue weighted by molar-refractivity contribution is 7.89. The minimum absolute atomic E-state index is 0.0370. The van der Waals surface area contributed by atoms with Gasteiger partial charge in [-0.25, -0.2) is 8.42 Å². The van der Waals surface area contributed by atoms with Crippen molar-refractivity contribution in [2.24, 2.45) is 0 Å². The number of sulfonamides is 1. The number of halogens is 1. The fourth-order valence-corrected chi connectivity index (χ4v) is 4.80. The highest BCUT2D eigenvalue weighted by Crippen LogP contribution is 2.25. The summed E-state index contributed by atoms with van der Waals surface area (Å²) in [6.45, 7) is 0.756. The standard InChI is InChI=1S/C19H21ClN2O4S/c20-16-8-4-5-9-18(16)27(24,25)22-12-13-26-17(14-22)19(23)21-11-10-15-6-2-1-3-7-15/h1-9,17H,10-14H2,(H,21,23). The van der Waals surface area contributed by atoms with E-state index < -0.39 is 16.1 Å². The van der Waals surface area contributed by atoms with Gasteiger partial charge in [-0.05, 0) is 24.1 Å². The molecular weight excluding hydrogens is 388 g/mol. The minimum Gasteiger partial charge on any atom is -0.366 e. The molecule has 8 heteroatoms. The van der Waals surface area contributed by atoms with E-state index in [1.54, 1.807) is 12.1 Å². The zero-order chi connectivity index (χ0) is 19.3. The summed E-state index contributed by atoms with van der Waals surface area (Å²) in [5, 5.41) is 2.97. The van der Waals surface area contributed by atoms with Crippen LogP contribution in [0.4, 0.5) is 0 Å². The van der Waals surface area contributed by atoms with E-state index in [1.807, 2.05) is 30.3 Å². The summed E-state index contributed by atoms with van der Waals surface area (Å²) in [6.07, 6.45) is -0.146. The van der Waals surface area contributed by atoms with Crippen LogP contribution in [0, 0.1) is 0 Å². The quantitative estimate of drug-likeness (QED) is 0.794. The number of nitrogens with one attached hydrogen (secondary N) is 1. The van der Waals surface area contributed by atoms with Gasteiger partial charge in [-0.15, -0.1) is 0 Å². The van der Waals surface area contributed by atoms with Gasteiger partial charge in [0.25, 0.3) is 5.91 Å². The number of carbonyl (C=O) groups is 1. The first-order valence-electron chi connectivity index (χ1n) is 8.66. The molecule has 6 nitrogen and oxygen atoms in total. The third-order valence-corrected chi connectivity index (χ3v) is 6.70. The van der Waals surface area contributed by atoms with Gasteiger partial charge in [0, 0.05) is 19.6 Å². The second-order valence-electron chi connectivity index (χ2n) is 6.18. The average molecular weight is 409 g/mol. The summed E-state index contributed by atoms with van der Waals surface area (Å²) < 4.78 is 32.4. The van der Waals surface area contributed by atoms with Crippen LogP contribution in [0.15, 0.2) is 59.5 Å². The van der Waals surface area contributed by atoms with Crippen LogP contribution in [-0.4, -0.2) is 51.0 Å². The molecule has 27 heavy (non-hydrogen) atoms. The van der Waals surface area contributed by atoms with E-state index in [0.717, 1.165) is 5.56 Å². The summed E-state index contributed by atoms with van der Waals surface area (Å²) >= 11 is 6.04. The number of carbonyl (C=O) groups excluding carboxylic acids is 1. The Balaban J connectivity index is 1.60. The van der Waals surface area contributed by atoms with E-state index in [1.165, 1.54) is 16.4 Å². The molecule has 1 saturated heterocycles. The number of amides is 1. The van der Waals surface area contributed by atoms with Crippen molar-refractivity contribution in [2.75, 3.05) is 26.2 Å². The fourth-order valence-electron chi connectivity index (χ4n) is 2.88. The number of hydrogen-bond acceptors (Lipinski definition) is 4. The molecule has 1 atom stereocenters. The Labute approximate surface area is 164 Å². The van der Waals surface area contributed by atoms with Crippen molar-refractivity contribution in [3.05, 3.63) is 65.2 Å². The summed E-state index contributed by atoms with van der Waals surface area (Å²) in [7, 11) is -3.78. The maximum absolute atomic E-state index is 12.8. The summed E-state index contributed by atoms with van der Waals surface area (Å²) in [5.41, 5.74) is 1.12. The molecule has 1 N–H and O–H groups in total. The van der Waals surface area contributed by atoms with Crippen LogP contribution in [-0.2, 0) is 26.0 Å². The number of morpholine rings is 1. The van der Waals surface area contributed by atoms with Crippen molar-refractivity contribution in [1.82, 2.24) is 9.62 Å². The Morgan fingerprint density at radius 1 is 1.15 bits per heavy atom. The molecule has 0 radical (unpaired) electrons. The lowest BCUT2D eigenvalue weighted by Crippen LogP contribution is -2.51. The molecule has 1 amide bonds. The second kappa shape index (κ2) is 8.84. The van der Waals surface area contributed by atoms with Gasteiger partial charge in [-0.3, -0.25) is 4.79 Å². The van der Waals surface area contributed by atoms with Gasteiger partial charge in [0.1, 0.15) is 11.0 Å². The monoisotopic (exact) mass is 408 g/mol. The van der Waals surface area contributed by atoms with E-state index in [2.05, 4.69) is 5.32 Å². The Morgan fingerprint density at radius 2 is 1.85 bits per heavy atom. The maximum atomic E-state index is 12.8. The average Bonchev–Trinajstić information content (AvgIpc) is 2.69. The highest BCUT2D eigenvalue weighted by atomic mass is 35.5. The zero-order valence-corrected chi connectivity index (χ0v) is 16.2. The molecule has 0 spiro atoms. The lowest BCUT2D eigenvalue weighted by atomic mass is 10.1. The van der Waals surface area contributed by atoms with Crippen molar-refractivity contribution in [2.45, 2.75) is 17.4 Å². The lowest BCUT2D eigenvalue weighted by Gasteiger charge is -2.31. The van der Waals surface area contributed by atoms with Crippen molar-refractivity contribution in [3.8, 4) is 0 Å². The van der Waals surface area contributed by atoms with Crippen LogP contribution in [0.2, 0.25) is 5.02 Å². The van der Waals surface area contributed by atoms with Crippen molar-refractivity contribution in [1.29, 1.82) is 0 Å². The minimum atomic E-state index is -3.78. The second-order valence-corrected chi connectivity index (χ2v) is 8.49. The number of ether oxygens (including phenoxy) is 1. The van der Waals surface area contributed by atoms with Crippen LogP contribution in [0.1, 0.15) is 5.56 Å². The highest BCUT2D eigenvalue weighted by Gasteiger charge is 2.34. The summed E-state index contributed by atoms with van der Waals surface area (Å²) in [4.78, 5) is 12.4. The van der Waals surface area contributed by atoms with Gasteiger partial charge in [0.2, 0.25) is 10.0 Å². The first-order valence-corrected chi connectivity index (χ1v) is 10.5. The number of rotatable bonds is 6. The zero-order valence-electron chi connectivity index (χ0n) is 14.7. The Bertz CT molecular complexity index is 890. The van der Waals surface area contributed by atoms with E-state index in [-0.39, 0.29) is 35.5 Å². The molecule has 1 fully saturated rings. The molecule has 0 bridgehead atoms. The molecule has 1 aliphatic rings. The summed E-state index contributed by atoms with van der Waals surface area (Å²) in [5.74, 6) is -0.315. The number of hydrogen-bond donors (Lipinski definition) is 1. The Kier molecular flexibility index (Phi) is 6.49. The van der Waals surface area contributed by atoms with Crippen LogP contribution < -0.4 is 5.32 Å². The molecule has 0 aromatic heterocycles. The molecule has 1 aliphatic heterocycles. The van der Waals surface area contributed by atoms with E-state index in [4.69, 9.17) is 16.3 Å². The third-order valence-electron chi connectivity index (χ3n) is 4.33. The first-order chi connectivity index (χ1) is 13.0. The molecule has 1 unspecified atom stereocenters. The van der Waals surface area contributed by atoms with E-state index in [9.17, 15) is 13.2 Å². The van der Waals surface area contributed by atoms with Crippen molar-refractivity contribution in [3.63, 3.8) is 0 Å². The van der Waals surface area contributed by atoms with Crippen molar-refractivity contribution >= 4 is 27.5 Å². The third kappa shape index (κ3) is 4.87. The van der Waals surface area contributed by atoms with Gasteiger partial charge in [0.15, 0.2) is 0 Å². The van der Waals surface area contributed by atoms with E-state index >= 15 is 0 Å². The van der Waals surface area contributed by atoms with Crippen LogP contribution in [0.5, 0.6) is 0 Å². The van der Waals surface area contributed by atoms with Crippen LogP contribution in [0.25, 0.3) is 0 Å². The van der Waals surface area contributed by atoms with Gasteiger partial charge in [-0.1, -0.05) is 54.1 Å². The Morgan fingerprint density at radius 3 is 2.59 bits per heavy atom. The molecule has 2 aromatic rings. The van der Waals surface area contributed by atoms with Crippen LogP contribution in [0.3, 0.4) is 0 Å². The maximum Gasteiger partial charge on any atom is 0.250 e. The van der Waals surface area contributed by atoms with Gasteiger partial charge < -0.3 is 10.1 Å². The smallest absolute Gasteiger partial charge is 0.250 e. The molecule has 3 rings (SSSR count). The molecule has 2 aromatic carbocycles. The topological polar surface area (TPSA) is 75.7 Å². The largest absolute Gasteiger partial charge is 0.366 e. The number of benzene rings is 2. The lowest BCUT2D eigenvalue weighted by molar-refractivity contribution is -0.136. The molecule has 1 heterocycles. The SMILES string of the molecule is O=C(NCCc1ccccc1)C1CN(S(=O)(=O)c2ccccc2Cl)CCO1. The van der Waals surface area contributed by atoms with Crippen LogP contribution >= 0.6 is 11.6 Å². The normalized spacial score (nSPS) is 18.2. The predicted octanol–water partition coefficient (Wildman–Crippen LogP) is 2.09. The van der Waals surface area contributed by atoms with E-state index in [0.29, 0.717) is 13.0 Å². The first kappa shape index (κ1) is 19.8. The molecule has 0 aliphatic carbocycles. The molecular formula is C19H21ClN2O4S. The predicted molar refractivity (Wildman–Crippen MR) is 103 cm³/mol. The molecule has 144 valence electrons. The van der Waals surface area contributed by atoms with Gasteiger partial charge in [0.05, 0.1) is 11.6 Å². The molecule has 0 saturated carbocycles. The number of nitrogens with zero attached hydrogens (tertiary/aromatic N) is 1.